The van der Waals surface area contributed by atoms with Crippen molar-refractivity contribution in [1.29, 1.82) is 0 Å². The predicted octanol–water partition coefficient (Wildman–Crippen LogP) is 5.40. The highest BCUT2D eigenvalue weighted by Gasteiger charge is 2.17. The van der Waals surface area contributed by atoms with E-state index < -0.39 is 10.9 Å². The molecule has 0 amide bonds. The number of esters is 1. The minimum atomic E-state index is -0.560. The zero-order valence-electron chi connectivity index (χ0n) is 14.6. The van der Waals surface area contributed by atoms with E-state index in [-0.39, 0.29) is 0 Å². The number of hydrogen-bond donors (Lipinski definition) is 0. The molecule has 28 heavy (non-hydrogen) atoms. The molecule has 0 bridgehead atoms. The van der Waals surface area contributed by atoms with E-state index in [0.717, 1.165) is 16.9 Å². The van der Waals surface area contributed by atoms with Gasteiger partial charge in [-0.1, -0.05) is 47.2 Å². The number of benzene rings is 3. The third kappa shape index (κ3) is 3.52. The normalized spacial score (nSPS) is 10.8. The summed E-state index contributed by atoms with van der Waals surface area (Å²) < 4.78 is 16.7. The Kier molecular flexibility index (Phi) is 4.90. The summed E-state index contributed by atoms with van der Waals surface area (Å²) in [5, 5.41) is 0.588. The second-order valence-corrected chi connectivity index (χ2v) is 7.26. The summed E-state index contributed by atoms with van der Waals surface area (Å²) in [5.41, 5.74) is 2.16. The quantitative estimate of drug-likeness (QED) is 0.331. The molecular weight excluding hydrogens is 400 g/mol. The van der Waals surface area contributed by atoms with Gasteiger partial charge in [-0.15, -0.1) is 0 Å². The Hall–Kier alpha value is -3.09. The monoisotopic (exact) mass is 412 g/mol. The molecule has 4 rings (SSSR count). The molecule has 0 saturated heterocycles. The first kappa shape index (κ1) is 18.3. The molecule has 0 N–H and O–H groups in total. The highest BCUT2D eigenvalue weighted by atomic mass is 35.5. The van der Waals surface area contributed by atoms with Gasteiger partial charge in [-0.25, -0.2) is 9.59 Å². The first-order valence-electron chi connectivity index (χ1n) is 8.24. The van der Waals surface area contributed by atoms with Crippen molar-refractivity contribution in [2.45, 2.75) is 0 Å². The fourth-order valence-electron chi connectivity index (χ4n) is 2.83. The van der Waals surface area contributed by atoms with Gasteiger partial charge in [0.1, 0.15) is 17.1 Å². The summed E-state index contributed by atoms with van der Waals surface area (Å²) in [6, 6.07) is 17.2. The lowest BCUT2D eigenvalue weighted by Crippen LogP contribution is -2.10. The van der Waals surface area contributed by atoms with Gasteiger partial charge in [0.2, 0.25) is 0 Å². The Bertz CT molecular complexity index is 1220. The van der Waals surface area contributed by atoms with Gasteiger partial charge in [0.25, 0.3) is 0 Å². The summed E-state index contributed by atoms with van der Waals surface area (Å²) in [7, 11) is 1.49. The molecule has 140 valence electrons. The maximum Gasteiger partial charge on any atom is 0.396 e. The van der Waals surface area contributed by atoms with Crippen LogP contribution >= 0.6 is 22.9 Å². The van der Waals surface area contributed by atoms with Crippen LogP contribution in [0, 0.1) is 0 Å². The van der Waals surface area contributed by atoms with Crippen LogP contribution in [-0.2, 0) is 0 Å². The van der Waals surface area contributed by atoms with Crippen molar-refractivity contribution >= 4 is 39.2 Å². The number of hydrogen-bond acceptors (Lipinski definition) is 6. The number of carbonyl (C=O) groups excluding carboxylic acids is 1. The fourth-order valence-corrected chi connectivity index (χ4v) is 3.68. The van der Waals surface area contributed by atoms with E-state index in [1.165, 1.54) is 7.11 Å². The number of carbonyl (C=O) groups is 1. The van der Waals surface area contributed by atoms with Crippen LogP contribution < -0.4 is 14.4 Å². The van der Waals surface area contributed by atoms with Crippen molar-refractivity contribution < 1.29 is 18.7 Å². The van der Waals surface area contributed by atoms with E-state index in [1.807, 2.05) is 0 Å². The summed E-state index contributed by atoms with van der Waals surface area (Å²) >= 11 is 6.91. The predicted molar refractivity (Wildman–Crippen MR) is 109 cm³/mol. The second-order valence-electron chi connectivity index (χ2n) is 5.85. The van der Waals surface area contributed by atoms with Gasteiger partial charge in [-0.3, -0.25) is 0 Å². The number of methoxy groups -OCH3 is 1. The molecule has 0 aliphatic heterocycles. The van der Waals surface area contributed by atoms with Crippen LogP contribution in [0.2, 0.25) is 5.02 Å². The smallest absolute Gasteiger partial charge is 0.396 e. The topological polar surface area (TPSA) is 65.7 Å². The minimum Gasteiger partial charge on any atom is -0.496 e. The van der Waals surface area contributed by atoms with Gasteiger partial charge in [-0.2, -0.15) is 0 Å². The Morgan fingerprint density at radius 1 is 1.07 bits per heavy atom. The molecule has 0 aliphatic rings. The third-order valence-electron chi connectivity index (χ3n) is 4.10. The number of ether oxygens (including phenoxy) is 2. The van der Waals surface area contributed by atoms with Crippen LogP contribution in [0.25, 0.3) is 21.4 Å². The van der Waals surface area contributed by atoms with E-state index >= 15 is 0 Å². The lowest BCUT2D eigenvalue weighted by molar-refractivity contribution is 0.0731. The maximum absolute atomic E-state index is 12.6. The lowest BCUT2D eigenvalue weighted by Gasteiger charge is -2.10. The Morgan fingerprint density at radius 2 is 1.82 bits per heavy atom. The Balaban J connectivity index is 1.78. The molecular formula is C21H13ClO5S. The molecule has 0 spiro atoms. The Morgan fingerprint density at radius 3 is 2.57 bits per heavy atom. The highest BCUT2D eigenvalue weighted by Crippen LogP contribution is 2.35. The average Bonchev–Trinajstić information content (AvgIpc) is 3.08. The van der Waals surface area contributed by atoms with Crippen LogP contribution in [-0.4, -0.2) is 13.1 Å². The minimum absolute atomic E-state index is 0.297. The first-order chi connectivity index (χ1) is 13.5. The molecule has 0 saturated carbocycles. The molecule has 1 heterocycles. The molecule has 3 aromatic carbocycles. The van der Waals surface area contributed by atoms with Crippen molar-refractivity contribution in [1.82, 2.24) is 0 Å². The standard InChI is InChI=1S/C21H13ClO5S/c1-25-17-5-3-2-4-15(17)20(23)26-14-10-16(12-6-8-13(22)9-7-12)19-18(11-14)28-21(24)27-19/h2-11H,1H3. The number of rotatable bonds is 4. The SMILES string of the molecule is COc1ccccc1C(=O)Oc1cc(-c2ccc(Cl)cc2)c2oc(=O)sc2c1. The van der Waals surface area contributed by atoms with Gasteiger partial charge < -0.3 is 13.9 Å². The molecule has 7 heteroatoms. The zero-order valence-corrected chi connectivity index (χ0v) is 16.2. The van der Waals surface area contributed by atoms with E-state index in [0.29, 0.717) is 37.9 Å². The van der Waals surface area contributed by atoms with Crippen LogP contribution in [0.4, 0.5) is 0 Å². The summed E-state index contributed by atoms with van der Waals surface area (Å²) in [6.07, 6.45) is 0. The largest absolute Gasteiger partial charge is 0.496 e. The first-order valence-corrected chi connectivity index (χ1v) is 9.43. The molecule has 0 unspecified atom stereocenters. The van der Waals surface area contributed by atoms with Gasteiger partial charge in [-0.05, 0) is 35.9 Å². The van der Waals surface area contributed by atoms with Crippen molar-refractivity contribution in [3.63, 3.8) is 0 Å². The fraction of sp³-hybridized carbons (Fsp3) is 0.0476. The highest BCUT2D eigenvalue weighted by molar-refractivity contribution is 7.16. The molecule has 4 aromatic rings. The van der Waals surface area contributed by atoms with E-state index in [9.17, 15) is 9.59 Å². The summed E-state index contributed by atoms with van der Waals surface area (Å²) in [5.74, 6) is 0.152. The molecule has 0 aliphatic carbocycles. The molecule has 0 atom stereocenters. The maximum atomic E-state index is 12.6. The van der Waals surface area contributed by atoms with Gasteiger partial charge in [0.15, 0.2) is 5.58 Å². The van der Waals surface area contributed by atoms with Gasteiger partial charge in [0.05, 0.1) is 11.8 Å². The summed E-state index contributed by atoms with van der Waals surface area (Å²) in [6.45, 7) is 0. The Labute approximate surface area is 168 Å². The van der Waals surface area contributed by atoms with Crippen LogP contribution in [0.5, 0.6) is 11.5 Å². The van der Waals surface area contributed by atoms with E-state index in [2.05, 4.69) is 0 Å². The molecule has 0 radical (unpaired) electrons. The molecule has 1 aromatic heterocycles. The van der Waals surface area contributed by atoms with Crippen molar-refractivity contribution in [2.24, 2.45) is 0 Å². The van der Waals surface area contributed by atoms with E-state index in [4.69, 9.17) is 25.5 Å². The lowest BCUT2D eigenvalue weighted by atomic mass is 10.0. The molecule has 0 fully saturated rings. The van der Waals surface area contributed by atoms with Crippen molar-refractivity contribution in [3.05, 3.63) is 81.0 Å². The zero-order chi connectivity index (χ0) is 19.7. The average molecular weight is 413 g/mol. The van der Waals surface area contributed by atoms with Crippen LogP contribution in [0.1, 0.15) is 10.4 Å². The second kappa shape index (κ2) is 7.50. The van der Waals surface area contributed by atoms with Crippen molar-refractivity contribution in [3.8, 4) is 22.6 Å². The third-order valence-corrected chi connectivity index (χ3v) is 5.12. The number of fused-ring (bicyclic) bond motifs is 1. The summed E-state index contributed by atoms with van der Waals surface area (Å²) in [4.78, 5) is 24.0. The van der Waals surface area contributed by atoms with Gasteiger partial charge in [0, 0.05) is 16.7 Å². The van der Waals surface area contributed by atoms with E-state index in [1.54, 1.807) is 60.7 Å². The number of para-hydroxylation sites is 1. The van der Waals surface area contributed by atoms with Crippen molar-refractivity contribution in [2.75, 3.05) is 7.11 Å². The van der Waals surface area contributed by atoms with Gasteiger partial charge >= 0.3 is 10.9 Å². The van der Waals surface area contributed by atoms with Crippen LogP contribution in [0.3, 0.4) is 0 Å². The van der Waals surface area contributed by atoms with Crippen LogP contribution in [0.15, 0.2) is 69.9 Å². The number of halogens is 1. The molecule has 5 nitrogen and oxygen atoms in total.